The van der Waals surface area contributed by atoms with E-state index in [4.69, 9.17) is 18.9 Å². The number of rotatable bonds is 47. The topological polar surface area (TPSA) is 228 Å². The molecular formula is C64H109NO13. The maximum Gasteiger partial charge on any atom is 0.220 e. The molecule has 0 radical (unpaired) electrons. The second-order valence-electron chi connectivity index (χ2n) is 21.1. The minimum absolute atomic E-state index is 0.255. The van der Waals surface area contributed by atoms with Crippen LogP contribution < -0.4 is 5.32 Å². The molecule has 0 aromatic rings. The van der Waals surface area contributed by atoms with Crippen molar-refractivity contribution in [1.82, 2.24) is 5.32 Å². The van der Waals surface area contributed by atoms with E-state index in [-0.39, 0.29) is 18.9 Å². The van der Waals surface area contributed by atoms with Gasteiger partial charge in [-0.25, -0.2) is 0 Å². The van der Waals surface area contributed by atoms with Crippen LogP contribution in [-0.4, -0.2) is 140 Å². The molecule has 12 unspecified atom stereocenters. The van der Waals surface area contributed by atoms with E-state index in [1.807, 2.05) is 6.08 Å². The van der Waals surface area contributed by atoms with Gasteiger partial charge >= 0.3 is 0 Å². The quantitative estimate of drug-likeness (QED) is 0.0204. The van der Waals surface area contributed by atoms with Crippen molar-refractivity contribution in [3.63, 3.8) is 0 Å². The van der Waals surface area contributed by atoms with Crippen LogP contribution in [0, 0.1) is 0 Å². The van der Waals surface area contributed by atoms with Gasteiger partial charge in [-0.15, -0.1) is 0 Å². The van der Waals surface area contributed by atoms with E-state index in [9.17, 15) is 45.6 Å². The number of hydrogen-bond acceptors (Lipinski definition) is 13. The number of allylic oxidation sites excluding steroid dienone is 15. The van der Waals surface area contributed by atoms with E-state index in [2.05, 4.69) is 104 Å². The third-order valence-electron chi connectivity index (χ3n) is 14.3. The molecule has 12 atom stereocenters. The first-order valence-corrected chi connectivity index (χ1v) is 30.5. The van der Waals surface area contributed by atoms with E-state index in [1.54, 1.807) is 6.08 Å². The van der Waals surface area contributed by atoms with Crippen molar-refractivity contribution >= 4 is 5.91 Å². The molecular weight excluding hydrogens is 991 g/mol. The second kappa shape index (κ2) is 48.6. The molecule has 78 heavy (non-hydrogen) atoms. The van der Waals surface area contributed by atoms with Crippen LogP contribution >= 0.6 is 0 Å². The van der Waals surface area contributed by atoms with Crippen LogP contribution in [0.5, 0.6) is 0 Å². The average molecular weight is 1100 g/mol. The van der Waals surface area contributed by atoms with Gasteiger partial charge in [-0.2, -0.15) is 0 Å². The zero-order valence-electron chi connectivity index (χ0n) is 48.1. The van der Waals surface area contributed by atoms with Gasteiger partial charge in [-0.05, 0) is 83.5 Å². The molecule has 14 heteroatoms. The number of nitrogens with one attached hydrogen (secondary N) is 1. The summed E-state index contributed by atoms with van der Waals surface area (Å²) in [6, 6.07) is -0.935. The Bertz CT molecular complexity index is 1680. The van der Waals surface area contributed by atoms with E-state index >= 15 is 0 Å². The number of unbranched alkanes of at least 4 members (excludes halogenated alkanes) is 20. The minimum Gasteiger partial charge on any atom is -0.394 e. The molecule has 2 aliphatic heterocycles. The summed E-state index contributed by atoms with van der Waals surface area (Å²) in [5, 5.41) is 86.9. The van der Waals surface area contributed by atoms with Gasteiger partial charge in [0.1, 0.15) is 48.8 Å². The van der Waals surface area contributed by atoms with Gasteiger partial charge in [-0.1, -0.05) is 214 Å². The molecule has 2 saturated heterocycles. The van der Waals surface area contributed by atoms with Crippen molar-refractivity contribution in [3.8, 4) is 0 Å². The monoisotopic (exact) mass is 1100 g/mol. The van der Waals surface area contributed by atoms with Crippen molar-refractivity contribution in [3.05, 3.63) is 97.2 Å². The fourth-order valence-electron chi connectivity index (χ4n) is 9.37. The smallest absolute Gasteiger partial charge is 0.220 e. The molecule has 2 heterocycles. The van der Waals surface area contributed by atoms with Gasteiger partial charge < -0.3 is 65.1 Å². The Labute approximate surface area is 471 Å². The lowest BCUT2D eigenvalue weighted by Gasteiger charge is -2.46. The van der Waals surface area contributed by atoms with Crippen LogP contribution in [0.25, 0.3) is 0 Å². The third kappa shape index (κ3) is 33.6. The number of ether oxygens (including phenoxy) is 4. The van der Waals surface area contributed by atoms with Crippen molar-refractivity contribution < 1.29 is 64.6 Å². The predicted octanol–water partition coefficient (Wildman–Crippen LogP) is 10.7. The molecule has 0 aromatic carbocycles. The number of carbonyl (C=O) groups excluding carboxylic acids is 1. The molecule has 2 aliphatic rings. The molecule has 2 fully saturated rings. The first-order valence-electron chi connectivity index (χ1n) is 30.5. The zero-order chi connectivity index (χ0) is 56.7. The van der Waals surface area contributed by atoms with Gasteiger partial charge in [0.2, 0.25) is 5.91 Å². The van der Waals surface area contributed by atoms with Gasteiger partial charge in [-0.3, -0.25) is 4.79 Å². The minimum atomic E-state index is -1.79. The van der Waals surface area contributed by atoms with E-state index in [1.165, 1.54) is 103 Å². The largest absolute Gasteiger partial charge is 0.394 e. The van der Waals surface area contributed by atoms with E-state index < -0.39 is 86.8 Å². The molecule has 0 spiro atoms. The molecule has 0 bridgehead atoms. The van der Waals surface area contributed by atoms with E-state index in [0.29, 0.717) is 12.8 Å². The first-order chi connectivity index (χ1) is 38.1. The summed E-state index contributed by atoms with van der Waals surface area (Å²) in [4.78, 5) is 13.2. The Kier molecular flexibility index (Phi) is 44.3. The molecule has 9 N–H and O–H groups in total. The summed E-state index contributed by atoms with van der Waals surface area (Å²) < 4.78 is 22.7. The van der Waals surface area contributed by atoms with Crippen LogP contribution in [0.3, 0.4) is 0 Å². The molecule has 0 aromatic heterocycles. The first kappa shape index (κ1) is 71.0. The molecule has 0 aliphatic carbocycles. The number of aliphatic hydroxyl groups excluding tert-OH is 8. The number of hydrogen-bond donors (Lipinski definition) is 9. The molecule has 0 saturated carbocycles. The number of carbonyl (C=O) groups is 1. The summed E-state index contributed by atoms with van der Waals surface area (Å²) in [6.07, 6.45) is 50.4. The lowest BCUT2D eigenvalue weighted by atomic mass is 9.97. The third-order valence-corrected chi connectivity index (χ3v) is 14.3. The molecule has 448 valence electrons. The van der Waals surface area contributed by atoms with Crippen LogP contribution in [0.2, 0.25) is 0 Å². The molecule has 14 nitrogen and oxygen atoms in total. The van der Waals surface area contributed by atoms with Gasteiger partial charge in [0.05, 0.1) is 32.0 Å². The highest BCUT2D eigenvalue weighted by atomic mass is 16.7. The van der Waals surface area contributed by atoms with Crippen molar-refractivity contribution in [2.75, 3.05) is 19.8 Å². The Morgan fingerprint density at radius 1 is 0.474 bits per heavy atom. The summed E-state index contributed by atoms with van der Waals surface area (Å²) in [5.41, 5.74) is 0. The molecule has 1 amide bonds. The number of aliphatic hydroxyl groups is 8. The van der Waals surface area contributed by atoms with E-state index in [0.717, 1.165) is 70.6 Å². The van der Waals surface area contributed by atoms with Crippen LogP contribution in [0.1, 0.15) is 206 Å². The van der Waals surface area contributed by atoms with Gasteiger partial charge in [0.25, 0.3) is 0 Å². The SMILES string of the molecule is CC/C=C\C/C=C\C/C=C\C/C=C\C/C=C\C/C=C\CCCCCCCCCCCCCCCCC(=O)NC(COC1OC(CO)C(OC2OC(CO)C(O)C(O)C2O)C(O)C1O)C(O)/C=C/CC/C=C/CCCCCCC. The normalized spacial score (nSPS) is 25.3. The zero-order valence-corrected chi connectivity index (χ0v) is 48.1. The van der Waals surface area contributed by atoms with Crippen molar-refractivity contribution in [2.24, 2.45) is 0 Å². The summed E-state index contributed by atoms with van der Waals surface area (Å²) >= 11 is 0. The standard InChI is InChI=1S/C64H109NO13/c1-3-5-7-9-11-13-15-16-17-18-19-20-21-22-23-24-25-26-27-28-29-30-31-32-33-34-35-36-38-40-42-44-46-48-56(69)65-52(53(68)47-45-43-41-39-37-14-12-10-8-6-4-2)51-75-63-61(74)59(72)62(55(50-67)77-63)78-64-60(73)58(71)57(70)54(49-66)76-64/h5,7,11,13,16-17,19-20,22-23,25-26,37,39,45,47,52-55,57-64,66-68,70-74H,3-4,6,8-10,12,14-15,18,21,24,27-36,38,40-44,46,48-51H2,1-2H3,(H,65,69)/b7-5-,13-11-,17-16-,20-19-,23-22-,26-25-,39-37+,47-45+. The Balaban J connectivity index is 1.64. The lowest BCUT2D eigenvalue weighted by molar-refractivity contribution is -0.359. The van der Waals surface area contributed by atoms with Crippen molar-refractivity contribution in [1.29, 1.82) is 0 Å². The Morgan fingerprint density at radius 2 is 0.897 bits per heavy atom. The Hall–Kier alpha value is -3.09. The van der Waals surface area contributed by atoms with Crippen LogP contribution in [0.4, 0.5) is 0 Å². The van der Waals surface area contributed by atoms with Crippen LogP contribution in [0.15, 0.2) is 97.2 Å². The lowest BCUT2D eigenvalue weighted by Crippen LogP contribution is -2.65. The Morgan fingerprint density at radius 3 is 1.41 bits per heavy atom. The average Bonchev–Trinajstić information content (AvgIpc) is 3.47. The summed E-state index contributed by atoms with van der Waals surface area (Å²) in [6.45, 7) is 2.62. The van der Waals surface area contributed by atoms with Crippen LogP contribution in [-0.2, 0) is 23.7 Å². The number of amides is 1. The fraction of sp³-hybridized carbons (Fsp3) is 0.734. The highest BCUT2D eigenvalue weighted by Gasteiger charge is 2.51. The molecule has 2 rings (SSSR count). The summed E-state index contributed by atoms with van der Waals surface area (Å²) in [5.74, 6) is -0.255. The highest BCUT2D eigenvalue weighted by Crippen LogP contribution is 2.30. The predicted molar refractivity (Wildman–Crippen MR) is 313 cm³/mol. The summed E-state index contributed by atoms with van der Waals surface area (Å²) in [7, 11) is 0. The van der Waals surface area contributed by atoms with Crippen molar-refractivity contribution in [2.45, 2.75) is 280 Å². The van der Waals surface area contributed by atoms with Gasteiger partial charge in [0.15, 0.2) is 12.6 Å². The highest BCUT2D eigenvalue weighted by molar-refractivity contribution is 5.76. The van der Waals surface area contributed by atoms with Gasteiger partial charge in [0, 0.05) is 6.42 Å². The maximum absolute atomic E-state index is 13.2. The maximum atomic E-state index is 13.2. The second-order valence-corrected chi connectivity index (χ2v) is 21.1. The fourth-order valence-corrected chi connectivity index (χ4v) is 9.37.